The SMILES string of the molecule is CC(C)(C)OC(=O)N[C@@H](CCCCC/C=C\[C@@H]1C[C@@H]1C(=O)NS(=O)(=O)C1CC1)C(=O)N1C[C@H](OC(=O)c2cccc(F)c2)C[C@H]1C(N)=O. The summed E-state index contributed by atoms with van der Waals surface area (Å²) < 4.78 is 50.6. The molecule has 0 unspecified atom stereocenters. The lowest BCUT2D eigenvalue weighted by Crippen LogP contribution is -2.53. The fourth-order valence-corrected chi connectivity index (χ4v) is 6.96. The fourth-order valence-electron chi connectivity index (χ4n) is 5.60. The molecule has 1 heterocycles. The van der Waals surface area contributed by atoms with Gasteiger partial charge in [0.1, 0.15) is 29.6 Å². The van der Waals surface area contributed by atoms with Crippen LogP contribution < -0.4 is 15.8 Å². The predicted octanol–water partition coefficient (Wildman–Crippen LogP) is 3.08. The number of benzene rings is 1. The van der Waals surface area contributed by atoms with Gasteiger partial charge in [-0.15, -0.1) is 0 Å². The Balaban J connectivity index is 1.28. The first-order valence-corrected chi connectivity index (χ1v) is 17.9. The third kappa shape index (κ3) is 10.8. The second-order valence-corrected chi connectivity index (χ2v) is 15.6. The average Bonchev–Trinajstić information content (AvgIpc) is 3.92. The Hall–Kier alpha value is -4.01. The van der Waals surface area contributed by atoms with E-state index in [0.717, 1.165) is 12.5 Å². The van der Waals surface area contributed by atoms with Crippen molar-refractivity contribution in [2.75, 3.05) is 6.54 Å². The van der Waals surface area contributed by atoms with Gasteiger partial charge in [-0.25, -0.2) is 22.4 Å². The number of primary amides is 1. The molecular weight excluding hydrogens is 647 g/mol. The summed E-state index contributed by atoms with van der Waals surface area (Å²) in [6, 6.07) is 2.82. The summed E-state index contributed by atoms with van der Waals surface area (Å²) in [6.07, 6.45) is 6.88. The van der Waals surface area contributed by atoms with Gasteiger partial charge in [-0.1, -0.05) is 31.1 Å². The molecule has 15 heteroatoms. The number of unbranched alkanes of at least 4 members (excludes halogenated alkanes) is 3. The number of nitrogens with one attached hydrogen (secondary N) is 2. The number of ether oxygens (including phenoxy) is 2. The number of rotatable bonds is 15. The van der Waals surface area contributed by atoms with Gasteiger partial charge in [0.15, 0.2) is 0 Å². The molecule has 3 fully saturated rings. The highest BCUT2D eigenvalue weighted by molar-refractivity contribution is 7.90. The van der Waals surface area contributed by atoms with Gasteiger partial charge in [0.05, 0.1) is 17.4 Å². The number of allylic oxidation sites excluding steroid dienone is 2. The molecule has 0 aromatic heterocycles. The third-order valence-electron chi connectivity index (χ3n) is 8.33. The third-order valence-corrected chi connectivity index (χ3v) is 10.2. The van der Waals surface area contributed by atoms with E-state index in [0.29, 0.717) is 38.5 Å². The van der Waals surface area contributed by atoms with E-state index in [4.69, 9.17) is 15.2 Å². The van der Waals surface area contributed by atoms with Gasteiger partial charge in [0.2, 0.25) is 27.7 Å². The van der Waals surface area contributed by atoms with Crippen LogP contribution in [0.25, 0.3) is 0 Å². The molecule has 4 amide bonds. The standard InChI is InChI=1S/C33H45FN4O9S/c1-33(2,3)47-32(43)36-26(13-8-6-4-5-7-10-20-17-25(20)29(40)37-48(44,45)24-14-15-24)30(41)38-19-23(18-27(38)28(35)39)46-31(42)21-11-9-12-22(34)16-21/h7,9-12,16,20,23-27H,4-6,8,13-15,17-19H2,1-3H3,(H2,35,39)(H,36,43)(H,37,40)/b10-7-/t20-,23-,25+,26+,27+/m1/s1. The van der Waals surface area contributed by atoms with E-state index in [1.54, 1.807) is 20.8 Å². The molecule has 1 aliphatic heterocycles. The Morgan fingerprint density at radius 1 is 1.10 bits per heavy atom. The van der Waals surface area contributed by atoms with Gasteiger partial charge in [0, 0.05) is 12.3 Å². The first-order valence-electron chi connectivity index (χ1n) is 16.3. The van der Waals surface area contributed by atoms with Crippen molar-refractivity contribution in [2.24, 2.45) is 17.6 Å². The molecule has 3 aliphatic rings. The molecule has 4 rings (SSSR count). The zero-order chi connectivity index (χ0) is 35.2. The lowest BCUT2D eigenvalue weighted by Gasteiger charge is -2.28. The number of nitrogens with zero attached hydrogens (tertiary/aromatic N) is 1. The normalized spacial score (nSPS) is 23.0. The van der Waals surface area contributed by atoms with Crippen LogP contribution in [0.2, 0.25) is 0 Å². The van der Waals surface area contributed by atoms with Gasteiger partial charge >= 0.3 is 12.1 Å². The van der Waals surface area contributed by atoms with Crippen LogP contribution in [0.1, 0.15) is 88.9 Å². The molecule has 48 heavy (non-hydrogen) atoms. The van der Waals surface area contributed by atoms with Crippen LogP contribution in [-0.4, -0.2) is 78.7 Å². The van der Waals surface area contributed by atoms with Crippen LogP contribution in [0.5, 0.6) is 0 Å². The number of carbonyl (C=O) groups is 5. The maximum atomic E-state index is 13.7. The Kier molecular flexibility index (Phi) is 11.9. The van der Waals surface area contributed by atoms with Crippen LogP contribution in [0.15, 0.2) is 36.4 Å². The summed E-state index contributed by atoms with van der Waals surface area (Å²) in [5, 5.41) is 2.17. The van der Waals surface area contributed by atoms with Crippen LogP contribution >= 0.6 is 0 Å². The molecule has 4 N–H and O–H groups in total. The number of likely N-dealkylation sites (tertiary alicyclic amines) is 1. The predicted molar refractivity (Wildman–Crippen MR) is 172 cm³/mol. The number of halogens is 1. The highest BCUT2D eigenvalue weighted by atomic mass is 32.2. The van der Waals surface area contributed by atoms with E-state index in [2.05, 4.69) is 10.0 Å². The lowest BCUT2D eigenvalue weighted by atomic mass is 10.0. The minimum Gasteiger partial charge on any atom is -0.457 e. The summed E-state index contributed by atoms with van der Waals surface area (Å²) >= 11 is 0. The van der Waals surface area contributed by atoms with Gasteiger partial charge in [-0.3, -0.25) is 19.1 Å². The van der Waals surface area contributed by atoms with Crippen molar-refractivity contribution in [1.29, 1.82) is 0 Å². The second kappa shape index (κ2) is 15.5. The van der Waals surface area contributed by atoms with Gasteiger partial charge in [0.25, 0.3) is 0 Å². The van der Waals surface area contributed by atoms with Crippen molar-refractivity contribution in [3.63, 3.8) is 0 Å². The molecule has 13 nitrogen and oxygen atoms in total. The monoisotopic (exact) mass is 692 g/mol. The number of amides is 4. The van der Waals surface area contributed by atoms with Crippen molar-refractivity contribution >= 4 is 39.8 Å². The summed E-state index contributed by atoms with van der Waals surface area (Å²) in [5.74, 6) is -3.57. The molecule has 1 saturated heterocycles. The van der Waals surface area contributed by atoms with Gasteiger partial charge in [-0.05, 0) is 83.4 Å². The minimum absolute atomic E-state index is 0.00931. The Morgan fingerprint density at radius 3 is 2.48 bits per heavy atom. The highest BCUT2D eigenvalue weighted by Gasteiger charge is 2.45. The molecule has 1 aromatic carbocycles. The topological polar surface area (TPSA) is 191 Å². The van der Waals surface area contributed by atoms with Crippen molar-refractivity contribution < 1.29 is 46.3 Å². The molecule has 2 aliphatic carbocycles. The Morgan fingerprint density at radius 2 is 1.83 bits per heavy atom. The van der Waals surface area contributed by atoms with Crippen LogP contribution in [-0.2, 0) is 33.9 Å². The van der Waals surface area contributed by atoms with Crippen molar-refractivity contribution in [2.45, 2.75) is 108 Å². The molecular formula is C33H45FN4O9S. The van der Waals surface area contributed by atoms with Crippen LogP contribution in [0.3, 0.4) is 0 Å². The number of alkyl carbamates (subject to hydrolysis) is 1. The first-order chi connectivity index (χ1) is 22.5. The van der Waals surface area contributed by atoms with Gasteiger partial charge < -0.3 is 25.4 Å². The summed E-state index contributed by atoms with van der Waals surface area (Å²) in [7, 11) is -3.55. The van der Waals surface area contributed by atoms with Crippen molar-refractivity contribution in [3.05, 3.63) is 47.8 Å². The molecule has 0 radical (unpaired) electrons. The molecule has 2 saturated carbocycles. The average molecular weight is 693 g/mol. The second-order valence-electron chi connectivity index (χ2n) is 13.7. The smallest absolute Gasteiger partial charge is 0.408 e. The maximum Gasteiger partial charge on any atom is 0.408 e. The van der Waals surface area contributed by atoms with Crippen LogP contribution in [0, 0.1) is 17.7 Å². The minimum atomic E-state index is -3.55. The first kappa shape index (κ1) is 36.8. The number of hydrogen-bond donors (Lipinski definition) is 3. The van der Waals surface area contributed by atoms with E-state index in [1.165, 1.54) is 23.1 Å². The summed E-state index contributed by atoms with van der Waals surface area (Å²) in [6.45, 7) is 4.91. The Bertz CT molecular complexity index is 1520. The van der Waals surface area contributed by atoms with Gasteiger partial charge in [-0.2, -0.15) is 0 Å². The molecule has 5 atom stereocenters. The lowest BCUT2D eigenvalue weighted by molar-refractivity contribution is -0.139. The summed E-state index contributed by atoms with van der Waals surface area (Å²) in [4.78, 5) is 64.8. The molecule has 0 bridgehead atoms. The largest absolute Gasteiger partial charge is 0.457 e. The number of esters is 1. The summed E-state index contributed by atoms with van der Waals surface area (Å²) in [5.41, 5.74) is 4.76. The molecule has 264 valence electrons. The number of hydrogen-bond acceptors (Lipinski definition) is 9. The molecule has 1 aromatic rings. The quantitative estimate of drug-likeness (QED) is 0.141. The van der Waals surface area contributed by atoms with E-state index in [1.807, 2.05) is 12.2 Å². The Labute approximate surface area is 280 Å². The van der Waals surface area contributed by atoms with E-state index >= 15 is 0 Å². The highest BCUT2D eigenvalue weighted by Crippen LogP contribution is 2.40. The van der Waals surface area contributed by atoms with Crippen molar-refractivity contribution in [3.8, 4) is 0 Å². The molecule has 0 spiro atoms. The van der Waals surface area contributed by atoms with E-state index in [9.17, 15) is 36.8 Å². The number of sulfonamides is 1. The van der Waals surface area contributed by atoms with Crippen molar-refractivity contribution in [1.82, 2.24) is 14.9 Å². The zero-order valence-electron chi connectivity index (χ0n) is 27.5. The van der Waals surface area contributed by atoms with E-state index in [-0.39, 0.29) is 36.8 Å². The number of carbonyl (C=O) groups excluding carboxylic acids is 5. The number of nitrogens with two attached hydrogens (primary N) is 1. The zero-order valence-corrected chi connectivity index (χ0v) is 28.3. The van der Waals surface area contributed by atoms with E-state index < -0.39 is 74.7 Å². The maximum absolute atomic E-state index is 13.7. The van der Waals surface area contributed by atoms with Crippen LogP contribution in [0.4, 0.5) is 9.18 Å². The fraction of sp³-hybridized carbons (Fsp3) is 0.606.